The average Bonchev–Trinajstić information content (AvgIpc) is 3.01. The first kappa shape index (κ1) is 33.4. The Morgan fingerprint density at radius 3 is 2.51 bits per heavy atom. The number of ether oxygens (including phenoxy) is 2. The van der Waals surface area contributed by atoms with E-state index in [0.29, 0.717) is 29.5 Å². The first-order chi connectivity index (χ1) is 20.9. The summed E-state index contributed by atoms with van der Waals surface area (Å²) in [6, 6.07) is 11.7. The SMILES string of the molecule is CCCCCCCCCC(=O)OCC1Cc2ccc(OCCCCN3CCN(c4cccc(Cl)c4Cl)CC3)cc2NC1=O. The van der Waals surface area contributed by atoms with Crippen LogP contribution in [0.1, 0.15) is 76.7 Å². The summed E-state index contributed by atoms with van der Waals surface area (Å²) < 4.78 is 11.5. The maximum atomic E-state index is 12.7. The van der Waals surface area contributed by atoms with Gasteiger partial charge in [0.15, 0.2) is 0 Å². The quantitative estimate of drug-likeness (QED) is 0.142. The molecular formula is C34H47Cl2N3O4. The number of benzene rings is 2. The Morgan fingerprint density at radius 1 is 0.953 bits per heavy atom. The van der Waals surface area contributed by atoms with Crippen molar-refractivity contribution >= 4 is 46.5 Å². The molecule has 0 aromatic heterocycles. The van der Waals surface area contributed by atoms with Crippen LogP contribution in [0.3, 0.4) is 0 Å². The van der Waals surface area contributed by atoms with E-state index in [1.807, 2.05) is 36.4 Å². The molecule has 236 valence electrons. The van der Waals surface area contributed by atoms with Gasteiger partial charge in [-0.3, -0.25) is 14.5 Å². The second-order valence-corrected chi connectivity index (χ2v) is 12.5. The normalized spacial score (nSPS) is 17.0. The van der Waals surface area contributed by atoms with Crippen molar-refractivity contribution < 1.29 is 19.1 Å². The number of hydrogen-bond acceptors (Lipinski definition) is 6. The lowest BCUT2D eigenvalue weighted by atomic mass is 9.93. The number of nitrogens with zero attached hydrogens (tertiary/aromatic N) is 2. The second kappa shape index (κ2) is 17.7. The van der Waals surface area contributed by atoms with E-state index in [9.17, 15) is 9.59 Å². The third kappa shape index (κ3) is 10.6. The Hall–Kier alpha value is -2.48. The van der Waals surface area contributed by atoms with Gasteiger partial charge >= 0.3 is 5.97 Å². The molecule has 2 aromatic rings. The molecule has 0 saturated carbocycles. The fraction of sp³-hybridized carbons (Fsp3) is 0.588. The lowest BCUT2D eigenvalue weighted by Crippen LogP contribution is -2.46. The number of rotatable bonds is 17. The third-order valence-electron chi connectivity index (χ3n) is 8.39. The van der Waals surface area contributed by atoms with Gasteiger partial charge in [0.25, 0.3) is 0 Å². The van der Waals surface area contributed by atoms with Crippen molar-refractivity contribution in [1.82, 2.24) is 4.90 Å². The highest BCUT2D eigenvalue weighted by atomic mass is 35.5. The van der Waals surface area contributed by atoms with Crippen LogP contribution in [-0.4, -0.2) is 62.7 Å². The minimum absolute atomic E-state index is 0.105. The molecule has 0 spiro atoms. The highest BCUT2D eigenvalue weighted by molar-refractivity contribution is 6.43. The summed E-state index contributed by atoms with van der Waals surface area (Å²) in [5.74, 6) is 0.0824. The number of carbonyl (C=O) groups is 2. The second-order valence-electron chi connectivity index (χ2n) is 11.7. The molecule has 0 radical (unpaired) electrons. The molecular weight excluding hydrogens is 585 g/mol. The number of anilines is 2. The summed E-state index contributed by atoms with van der Waals surface area (Å²) in [6.45, 7) is 7.85. The smallest absolute Gasteiger partial charge is 0.305 e. The Kier molecular flexibility index (Phi) is 13.8. The number of hydrogen-bond donors (Lipinski definition) is 1. The molecule has 7 nitrogen and oxygen atoms in total. The monoisotopic (exact) mass is 631 g/mol. The predicted octanol–water partition coefficient (Wildman–Crippen LogP) is 7.77. The van der Waals surface area contributed by atoms with E-state index in [0.717, 1.165) is 81.1 Å². The summed E-state index contributed by atoms with van der Waals surface area (Å²) in [4.78, 5) is 29.6. The number of halogens is 2. The van der Waals surface area contributed by atoms with E-state index in [1.165, 1.54) is 32.1 Å². The summed E-state index contributed by atoms with van der Waals surface area (Å²) in [7, 11) is 0. The molecule has 2 aromatic carbocycles. The van der Waals surface area contributed by atoms with Crippen LogP contribution in [0, 0.1) is 5.92 Å². The number of unbranched alkanes of at least 4 members (excludes halogenated alkanes) is 7. The van der Waals surface area contributed by atoms with Crippen LogP contribution in [-0.2, 0) is 20.7 Å². The zero-order valence-corrected chi connectivity index (χ0v) is 27.1. The van der Waals surface area contributed by atoms with Crippen LogP contribution in [0.5, 0.6) is 5.75 Å². The van der Waals surface area contributed by atoms with Crippen molar-refractivity contribution in [3.05, 3.63) is 52.0 Å². The maximum absolute atomic E-state index is 12.7. The molecule has 2 aliphatic rings. The molecule has 1 amide bonds. The van der Waals surface area contributed by atoms with Crippen LogP contribution in [0.2, 0.25) is 10.0 Å². The van der Waals surface area contributed by atoms with Gasteiger partial charge in [0.05, 0.1) is 28.3 Å². The largest absolute Gasteiger partial charge is 0.494 e. The number of esters is 1. The van der Waals surface area contributed by atoms with E-state index >= 15 is 0 Å². The molecule has 2 aliphatic heterocycles. The van der Waals surface area contributed by atoms with Crippen molar-refractivity contribution in [1.29, 1.82) is 0 Å². The maximum Gasteiger partial charge on any atom is 0.305 e. The highest BCUT2D eigenvalue weighted by Gasteiger charge is 2.28. The van der Waals surface area contributed by atoms with Gasteiger partial charge in [0.1, 0.15) is 12.4 Å². The molecule has 4 rings (SSSR count). The molecule has 0 aliphatic carbocycles. The molecule has 0 bridgehead atoms. The van der Waals surface area contributed by atoms with Gasteiger partial charge in [-0.25, -0.2) is 0 Å². The Balaban J connectivity index is 1.09. The zero-order valence-electron chi connectivity index (χ0n) is 25.6. The Morgan fingerprint density at radius 2 is 1.72 bits per heavy atom. The lowest BCUT2D eigenvalue weighted by molar-refractivity contribution is -0.146. The van der Waals surface area contributed by atoms with Gasteiger partial charge in [0, 0.05) is 44.4 Å². The van der Waals surface area contributed by atoms with Crippen LogP contribution in [0.15, 0.2) is 36.4 Å². The van der Waals surface area contributed by atoms with Crippen LogP contribution >= 0.6 is 23.2 Å². The minimum Gasteiger partial charge on any atom is -0.494 e. The number of nitrogens with one attached hydrogen (secondary N) is 1. The lowest BCUT2D eigenvalue weighted by Gasteiger charge is -2.36. The van der Waals surface area contributed by atoms with E-state index in [1.54, 1.807) is 0 Å². The number of amides is 1. The van der Waals surface area contributed by atoms with Gasteiger partial charge in [-0.2, -0.15) is 0 Å². The average molecular weight is 633 g/mol. The van der Waals surface area contributed by atoms with Gasteiger partial charge in [0.2, 0.25) is 5.91 Å². The van der Waals surface area contributed by atoms with E-state index < -0.39 is 0 Å². The first-order valence-corrected chi connectivity index (χ1v) is 16.8. The molecule has 1 fully saturated rings. The fourth-order valence-corrected chi connectivity index (χ4v) is 6.15. The number of fused-ring (bicyclic) bond motifs is 1. The molecule has 9 heteroatoms. The first-order valence-electron chi connectivity index (χ1n) is 16.1. The fourth-order valence-electron chi connectivity index (χ4n) is 5.74. The molecule has 2 heterocycles. The van der Waals surface area contributed by atoms with E-state index in [2.05, 4.69) is 22.0 Å². The summed E-state index contributed by atoms with van der Waals surface area (Å²) >= 11 is 12.6. The standard InChI is InChI=1S/C34H47Cl2N3O4/c1-2-3-4-5-6-7-8-14-32(40)43-25-27-23-26-15-16-28(24-30(26)37-34(27)41)42-22-10-9-17-38-18-20-39(21-19-38)31-13-11-12-29(35)33(31)36/h11-13,15-16,24,27H,2-10,14,17-23,25H2,1H3,(H,37,41). The highest BCUT2D eigenvalue weighted by Crippen LogP contribution is 2.33. The topological polar surface area (TPSA) is 71.1 Å². The number of carbonyl (C=O) groups excluding carboxylic acids is 2. The summed E-state index contributed by atoms with van der Waals surface area (Å²) in [5, 5.41) is 4.21. The van der Waals surface area contributed by atoms with E-state index in [-0.39, 0.29) is 24.4 Å². The number of piperazine rings is 1. The summed E-state index contributed by atoms with van der Waals surface area (Å²) in [5.41, 5.74) is 2.83. The van der Waals surface area contributed by atoms with E-state index in [4.69, 9.17) is 32.7 Å². The van der Waals surface area contributed by atoms with Gasteiger partial charge < -0.3 is 19.7 Å². The van der Waals surface area contributed by atoms with Gasteiger partial charge in [-0.05, 0) is 56.0 Å². The minimum atomic E-state index is -0.360. The molecule has 1 saturated heterocycles. The van der Waals surface area contributed by atoms with Crippen LogP contribution in [0.4, 0.5) is 11.4 Å². The van der Waals surface area contributed by atoms with Gasteiger partial charge in [-0.1, -0.05) is 80.8 Å². The third-order valence-corrected chi connectivity index (χ3v) is 9.20. The van der Waals surface area contributed by atoms with Crippen molar-refractivity contribution in [2.75, 3.05) is 56.2 Å². The molecule has 1 unspecified atom stereocenters. The van der Waals surface area contributed by atoms with Crippen molar-refractivity contribution in [2.45, 2.75) is 77.6 Å². The zero-order chi connectivity index (χ0) is 30.4. The molecule has 1 atom stereocenters. The Bertz CT molecular complexity index is 1190. The summed E-state index contributed by atoms with van der Waals surface area (Å²) in [6.07, 6.45) is 11.1. The Labute approximate surface area is 267 Å². The molecule has 43 heavy (non-hydrogen) atoms. The van der Waals surface area contributed by atoms with Crippen molar-refractivity contribution in [2.24, 2.45) is 5.92 Å². The van der Waals surface area contributed by atoms with Crippen LogP contribution < -0.4 is 15.0 Å². The van der Waals surface area contributed by atoms with Crippen LogP contribution in [0.25, 0.3) is 0 Å². The van der Waals surface area contributed by atoms with Gasteiger partial charge in [-0.15, -0.1) is 0 Å². The van der Waals surface area contributed by atoms with Crippen molar-refractivity contribution in [3.8, 4) is 5.75 Å². The predicted molar refractivity (Wildman–Crippen MR) is 176 cm³/mol. The molecule has 1 N–H and O–H groups in total. The van der Waals surface area contributed by atoms with Crippen molar-refractivity contribution in [3.63, 3.8) is 0 Å².